The number of hydrogen-bond acceptors (Lipinski definition) is 15. The molecule has 5 N–H and O–H groups in total. The Morgan fingerprint density at radius 2 is 1.37 bits per heavy atom. The zero-order valence-corrected chi connectivity index (χ0v) is 39.3. The Bertz CT molecular complexity index is 3030. The number of nitrogen functional groups attached to an aromatic ring is 1. The van der Waals surface area contributed by atoms with Gasteiger partial charge in [-0.15, -0.1) is 10.2 Å². The van der Waals surface area contributed by atoms with E-state index in [1.807, 2.05) is 0 Å². The predicted octanol–water partition coefficient (Wildman–Crippen LogP) is 5.59. The van der Waals surface area contributed by atoms with Crippen molar-refractivity contribution in [3.63, 3.8) is 0 Å². The van der Waals surface area contributed by atoms with E-state index < -0.39 is 59.7 Å². The number of tetrazole rings is 1. The molecule has 7 aromatic rings. The number of sulfone groups is 1. The van der Waals surface area contributed by atoms with Crippen molar-refractivity contribution in [3.8, 4) is 39.8 Å². The molecule has 7 rings (SSSR count). The lowest BCUT2D eigenvalue weighted by atomic mass is 9.98. The van der Waals surface area contributed by atoms with Crippen LogP contribution in [0.3, 0.4) is 0 Å². The highest BCUT2D eigenvalue weighted by molar-refractivity contribution is 7.93. The highest BCUT2D eigenvalue weighted by Crippen LogP contribution is 2.43. The van der Waals surface area contributed by atoms with Crippen LogP contribution in [0.15, 0.2) is 113 Å². The van der Waals surface area contributed by atoms with Gasteiger partial charge in [0.15, 0.2) is 15.8 Å². The average molecular weight is 954 g/mol. The Morgan fingerprint density at radius 1 is 0.806 bits per heavy atom. The van der Waals surface area contributed by atoms with Gasteiger partial charge in [0.05, 0.1) is 61.2 Å². The molecule has 0 saturated carbocycles. The molecule has 0 aliphatic carbocycles. The van der Waals surface area contributed by atoms with Crippen LogP contribution in [0.5, 0.6) is 17.2 Å². The molecule has 352 valence electrons. The number of fused-ring (bicyclic) bond motifs is 1. The molecule has 19 nitrogen and oxygen atoms in total. The van der Waals surface area contributed by atoms with E-state index in [4.69, 9.17) is 24.7 Å². The normalized spacial score (nSPS) is 12.5. The monoisotopic (exact) mass is 953 g/mol. The number of H-pyrrole nitrogens is 1. The van der Waals surface area contributed by atoms with Gasteiger partial charge in [-0.2, -0.15) is 9.10 Å². The fraction of sp³-hybridized carbons (Fsp3) is 0.283. The number of aliphatic hydroxyl groups is 1. The quantitative estimate of drug-likeness (QED) is 0.0818. The first-order valence-corrected chi connectivity index (χ1v) is 23.9. The van der Waals surface area contributed by atoms with E-state index in [1.165, 1.54) is 31.1 Å². The summed E-state index contributed by atoms with van der Waals surface area (Å²) >= 11 is 0. The molecule has 0 fully saturated rings. The number of para-hydroxylation sites is 1. The van der Waals surface area contributed by atoms with Crippen LogP contribution < -0.4 is 25.3 Å². The number of carbonyl (C=O) groups excluding carboxylic acids is 1. The minimum absolute atomic E-state index is 0.0822. The maximum absolute atomic E-state index is 16.0. The van der Waals surface area contributed by atoms with Gasteiger partial charge in [0.2, 0.25) is 15.8 Å². The number of amides is 1. The van der Waals surface area contributed by atoms with E-state index in [0.29, 0.717) is 45.0 Å². The molecule has 0 radical (unpaired) electrons. The van der Waals surface area contributed by atoms with Crippen molar-refractivity contribution in [3.05, 3.63) is 120 Å². The number of aromatic amines is 1. The number of benzene rings is 5. The lowest BCUT2D eigenvalue weighted by Gasteiger charge is -2.26. The molecular weight excluding hydrogens is 903 g/mol. The van der Waals surface area contributed by atoms with Gasteiger partial charge in [0.25, 0.3) is 0 Å². The fourth-order valence-corrected chi connectivity index (χ4v) is 11.1. The Kier molecular flexibility index (Phi) is 14.2. The maximum atomic E-state index is 16.0. The third kappa shape index (κ3) is 11.3. The van der Waals surface area contributed by atoms with Crippen molar-refractivity contribution in [2.45, 2.75) is 61.9 Å². The Balaban J connectivity index is 1.47. The molecule has 2 heterocycles. The number of imidazole rings is 1. The SMILES string of the molecule is COc1ccc(CN(Cc2ccc(OC)cc2)S(=O)(=O)c2c(S(=O)(=O)C[C@@H](O)CNC(=O)OC(C)(C)C)ccc(-c3cccc4[nH]c(N)nc34)c2-c2nnn(Cc3ccc(OC)cc3)n2)cc1. The molecule has 1 atom stereocenters. The minimum atomic E-state index is -5.00. The summed E-state index contributed by atoms with van der Waals surface area (Å²) in [7, 11) is -5.22. The maximum Gasteiger partial charge on any atom is 0.407 e. The molecule has 2 aromatic heterocycles. The second-order valence-electron chi connectivity index (χ2n) is 16.4. The van der Waals surface area contributed by atoms with Crippen LogP contribution in [0.4, 0.5) is 10.7 Å². The lowest BCUT2D eigenvalue weighted by molar-refractivity contribution is 0.0498. The van der Waals surface area contributed by atoms with Gasteiger partial charge in [-0.05, 0) is 96.8 Å². The summed E-state index contributed by atoms with van der Waals surface area (Å²) < 4.78 is 84.3. The summed E-state index contributed by atoms with van der Waals surface area (Å²) in [6.07, 6.45) is -2.60. The van der Waals surface area contributed by atoms with E-state index in [-0.39, 0.29) is 42.5 Å². The number of carbonyl (C=O) groups is 1. The minimum Gasteiger partial charge on any atom is -0.497 e. The van der Waals surface area contributed by atoms with Crippen LogP contribution in [-0.2, 0) is 44.2 Å². The van der Waals surface area contributed by atoms with Crippen LogP contribution in [0, 0.1) is 0 Å². The number of sulfonamides is 1. The molecule has 5 aromatic carbocycles. The van der Waals surface area contributed by atoms with Crippen molar-refractivity contribution >= 4 is 42.9 Å². The third-order valence-electron chi connectivity index (χ3n) is 10.4. The fourth-order valence-electron chi connectivity index (χ4n) is 7.23. The predicted molar refractivity (Wildman–Crippen MR) is 250 cm³/mol. The molecule has 0 bridgehead atoms. The van der Waals surface area contributed by atoms with E-state index in [9.17, 15) is 18.3 Å². The highest BCUT2D eigenvalue weighted by atomic mass is 32.2. The van der Waals surface area contributed by atoms with E-state index in [0.717, 1.165) is 9.87 Å². The van der Waals surface area contributed by atoms with Gasteiger partial charge in [-0.25, -0.2) is 26.6 Å². The number of hydrogen-bond donors (Lipinski definition) is 4. The average Bonchev–Trinajstić information content (AvgIpc) is 3.93. The molecule has 0 unspecified atom stereocenters. The number of ether oxygens (including phenoxy) is 4. The second kappa shape index (κ2) is 19.8. The van der Waals surface area contributed by atoms with Crippen molar-refractivity contribution in [1.29, 1.82) is 0 Å². The first-order chi connectivity index (χ1) is 31.9. The van der Waals surface area contributed by atoms with Crippen LogP contribution >= 0.6 is 0 Å². The number of rotatable bonds is 18. The van der Waals surface area contributed by atoms with E-state index in [2.05, 4.69) is 30.7 Å². The number of alkyl carbamates (subject to hydrolysis) is 1. The van der Waals surface area contributed by atoms with Crippen LogP contribution in [0.2, 0.25) is 0 Å². The molecule has 67 heavy (non-hydrogen) atoms. The van der Waals surface area contributed by atoms with Gasteiger partial charge in [0.1, 0.15) is 27.7 Å². The first kappa shape index (κ1) is 47.9. The summed E-state index contributed by atoms with van der Waals surface area (Å²) in [6.45, 7) is 4.02. The largest absolute Gasteiger partial charge is 0.497 e. The molecule has 0 aliphatic heterocycles. The summed E-state index contributed by atoms with van der Waals surface area (Å²) in [5.74, 6) is 0.534. The molecule has 0 saturated heterocycles. The van der Waals surface area contributed by atoms with Crippen LogP contribution in [0.25, 0.3) is 33.5 Å². The number of nitrogens with one attached hydrogen (secondary N) is 2. The smallest absolute Gasteiger partial charge is 0.407 e. The van der Waals surface area contributed by atoms with Gasteiger partial charge >= 0.3 is 6.09 Å². The van der Waals surface area contributed by atoms with Gasteiger partial charge in [-0.1, -0.05) is 54.6 Å². The van der Waals surface area contributed by atoms with Gasteiger partial charge in [0, 0.05) is 25.2 Å². The second-order valence-corrected chi connectivity index (χ2v) is 20.3. The third-order valence-corrected chi connectivity index (χ3v) is 14.2. The van der Waals surface area contributed by atoms with Crippen LogP contribution in [-0.4, -0.2) is 108 Å². The van der Waals surface area contributed by atoms with Gasteiger partial charge < -0.3 is 40.1 Å². The number of aromatic nitrogens is 6. The van der Waals surface area contributed by atoms with Crippen LogP contribution in [0.1, 0.15) is 37.5 Å². The standard InChI is InChI=1S/C46H51N9O10S2/c1-46(2,3)65-45(57)48-24-32(56)28-66(58,59)39-23-22-36(37-8-7-9-38-41(37)50-44(47)49-38)40(43-51-53-55(52-43)27-31-14-20-35(64-6)21-15-31)42(39)67(60,61)54(25-29-10-16-33(62-4)17-11-29)26-30-12-18-34(63-5)19-13-30/h7-23,32,56H,24-28H2,1-6H3,(H,48,57)(H3,47,49,50)/t32-/m0/s1. The van der Waals surface area contributed by atoms with Crippen molar-refractivity contribution < 1.29 is 45.7 Å². The molecule has 21 heteroatoms. The Morgan fingerprint density at radius 3 is 1.93 bits per heavy atom. The summed E-state index contributed by atoms with van der Waals surface area (Å²) in [6, 6.07) is 28.4. The number of nitrogens with zero attached hydrogens (tertiary/aromatic N) is 6. The molecular formula is C46H51N9O10S2. The Labute approximate surface area is 387 Å². The van der Waals surface area contributed by atoms with E-state index >= 15 is 8.42 Å². The van der Waals surface area contributed by atoms with E-state index in [1.54, 1.807) is 119 Å². The molecule has 1 amide bonds. The molecule has 0 aliphatic rings. The lowest BCUT2D eigenvalue weighted by Crippen LogP contribution is -2.39. The summed E-state index contributed by atoms with van der Waals surface area (Å²) in [5, 5.41) is 26.9. The topological polar surface area (TPSA) is 256 Å². The Hall–Kier alpha value is -7.07. The van der Waals surface area contributed by atoms with Crippen molar-refractivity contribution in [2.24, 2.45) is 0 Å². The highest BCUT2D eigenvalue weighted by Gasteiger charge is 2.39. The first-order valence-electron chi connectivity index (χ1n) is 20.8. The van der Waals surface area contributed by atoms with Gasteiger partial charge in [-0.3, -0.25) is 0 Å². The number of methoxy groups -OCH3 is 3. The molecule has 0 spiro atoms. The number of anilines is 1. The number of aliphatic hydroxyl groups excluding tert-OH is 1. The zero-order chi connectivity index (χ0) is 48.1. The summed E-state index contributed by atoms with van der Waals surface area (Å²) in [4.78, 5) is 19.9. The van der Waals surface area contributed by atoms with Crippen molar-refractivity contribution in [2.75, 3.05) is 39.4 Å². The number of nitrogens with two attached hydrogens (primary N) is 1. The van der Waals surface area contributed by atoms with Crippen molar-refractivity contribution in [1.82, 2.24) is 39.8 Å². The zero-order valence-electron chi connectivity index (χ0n) is 37.6. The summed E-state index contributed by atoms with van der Waals surface area (Å²) in [5.41, 5.74) is 8.30.